The van der Waals surface area contributed by atoms with Crippen LogP contribution in [0.3, 0.4) is 0 Å². The van der Waals surface area contributed by atoms with E-state index in [1.807, 2.05) is 0 Å². The molecule has 3 fully saturated rings. The van der Waals surface area contributed by atoms with E-state index in [1.54, 1.807) is 11.5 Å². The molecule has 1 saturated carbocycles. The molecule has 7 heteroatoms. The van der Waals surface area contributed by atoms with E-state index in [9.17, 15) is 4.79 Å². The minimum Gasteiger partial charge on any atom is -0.347 e. The lowest BCUT2D eigenvalue weighted by molar-refractivity contribution is -0.134. The van der Waals surface area contributed by atoms with Gasteiger partial charge in [0.25, 0.3) is 0 Å². The summed E-state index contributed by atoms with van der Waals surface area (Å²) < 4.78 is 4.64. The van der Waals surface area contributed by atoms with E-state index in [0.29, 0.717) is 17.7 Å². The molecular formula is C20H33N5OS. The average molecular weight is 392 g/mol. The second-order valence-electron chi connectivity index (χ2n) is 8.37. The van der Waals surface area contributed by atoms with Crippen LogP contribution in [0.4, 0.5) is 5.13 Å². The lowest BCUT2D eigenvalue weighted by Gasteiger charge is -2.36. The average Bonchev–Trinajstić information content (AvgIpc) is 3.40. The summed E-state index contributed by atoms with van der Waals surface area (Å²) in [5.41, 5.74) is 0. The Morgan fingerprint density at radius 2 is 1.74 bits per heavy atom. The first kappa shape index (κ1) is 19.1. The quantitative estimate of drug-likeness (QED) is 0.772. The van der Waals surface area contributed by atoms with Gasteiger partial charge >= 0.3 is 0 Å². The van der Waals surface area contributed by atoms with Gasteiger partial charge < -0.3 is 14.7 Å². The lowest BCUT2D eigenvalue weighted by atomic mass is 9.93. The molecule has 1 aromatic heterocycles. The maximum absolute atomic E-state index is 12.6. The van der Waals surface area contributed by atoms with Gasteiger partial charge in [0.05, 0.1) is 0 Å². The Morgan fingerprint density at radius 1 is 1.04 bits per heavy atom. The molecule has 3 heterocycles. The van der Waals surface area contributed by atoms with Gasteiger partial charge in [-0.25, -0.2) is 4.98 Å². The van der Waals surface area contributed by atoms with E-state index in [2.05, 4.69) is 26.0 Å². The molecule has 6 nitrogen and oxygen atoms in total. The van der Waals surface area contributed by atoms with Gasteiger partial charge in [0.2, 0.25) is 11.0 Å². The third kappa shape index (κ3) is 4.62. The van der Waals surface area contributed by atoms with E-state index in [0.717, 1.165) is 76.0 Å². The highest BCUT2D eigenvalue weighted by atomic mass is 32.1. The molecule has 0 N–H and O–H groups in total. The summed E-state index contributed by atoms with van der Waals surface area (Å²) in [5.74, 6) is 2.57. The highest BCUT2D eigenvalue weighted by Crippen LogP contribution is 2.35. The van der Waals surface area contributed by atoms with Crippen LogP contribution in [0.5, 0.6) is 0 Å². The predicted molar refractivity (Wildman–Crippen MR) is 109 cm³/mol. The van der Waals surface area contributed by atoms with Crippen molar-refractivity contribution in [2.45, 2.75) is 57.8 Å². The number of hydrogen-bond acceptors (Lipinski definition) is 6. The number of likely N-dealkylation sites (N-methyl/N-ethyl adjacent to an activating group) is 1. The fraction of sp³-hybridized carbons (Fsp3) is 0.850. The van der Waals surface area contributed by atoms with Crippen LogP contribution < -0.4 is 4.90 Å². The van der Waals surface area contributed by atoms with Crippen molar-refractivity contribution in [3.05, 3.63) is 5.82 Å². The Balaban J connectivity index is 1.22. The van der Waals surface area contributed by atoms with Gasteiger partial charge in [-0.3, -0.25) is 4.79 Å². The third-order valence-electron chi connectivity index (χ3n) is 6.67. The first-order valence-corrected chi connectivity index (χ1v) is 11.6. The number of aromatic nitrogens is 2. The molecule has 27 heavy (non-hydrogen) atoms. The van der Waals surface area contributed by atoms with Gasteiger partial charge in [0, 0.05) is 63.1 Å². The van der Waals surface area contributed by atoms with Crippen LogP contribution in [-0.2, 0) is 4.79 Å². The molecule has 2 saturated heterocycles. The SMILES string of the molecule is CCN1CCN(C(=O)CC2CCN(c3nc(C4CCCC4)ns3)CC2)CC1. The Labute approximate surface area is 167 Å². The van der Waals surface area contributed by atoms with Crippen LogP contribution in [-0.4, -0.2) is 70.9 Å². The second-order valence-corrected chi connectivity index (χ2v) is 9.10. The molecule has 150 valence electrons. The van der Waals surface area contributed by atoms with Gasteiger partial charge in [0.15, 0.2) is 0 Å². The van der Waals surface area contributed by atoms with Gasteiger partial charge in [-0.2, -0.15) is 4.37 Å². The van der Waals surface area contributed by atoms with E-state index in [1.165, 1.54) is 25.7 Å². The van der Waals surface area contributed by atoms with Crippen molar-refractivity contribution in [3.63, 3.8) is 0 Å². The molecule has 0 unspecified atom stereocenters. The zero-order chi connectivity index (χ0) is 18.6. The molecule has 0 atom stereocenters. The number of anilines is 1. The number of rotatable bonds is 5. The highest BCUT2D eigenvalue weighted by Gasteiger charge is 2.28. The molecule has 0 radical (unpaired) electrons. The maximum Gasteiger partial charge on any atom is 0.222 e. The summed E-state index contributed by atoms with van der Waals surface area (Å²) in [6.07, 6.45) is 8.08. The standard InChI is InChI=1S/C20H33N5OS/c1-2-23-11-13-24(14-12-23)18(26)15-16-7-9-25(10-8-16)20-21-19(22-27-20)17-5-3-4-6-17/h16-17H,2-15H2,1H3. The summed E-state index contributed by atoms with van der Waals surface area (Å²) in [6.45, 7) is 9.18. The van der Waals surface area contributed by atoms with E-state index in [-0.39, 0.29) is 0 Å². The fourth-order valence-electron chi connectivity index (χ4n) is 4.72. The van der Waals surface area contributed by atoms with E-state index in [4.69, 9.17) is 4.98 Å². The topological polar surface area (TPSA) is 52.6 Å². The molecule has 0 aromatic carbocycles. The van der Waals surface area contributed by atoms with Crippen molar-refractivity contribution in [2.75, 3.05) is 50.7 Å². The molecular weight excluding hydrogens is 358 g/mol. The smallest absolute Gasteiger partial charge is 0.222 e. The third-order valence-corrected chi connectivity index (χ3v) is 7.46. The van der Waals surface area contributed by atoms with Crippen molar-refractivity contribution < 1.29 is 4.79 Å². The molecule has 0 bridgehead atoms. The Kier molecular flexibility index (Phi) is 6.28. The molecule has 1 aliphatic carbocycles. The molecule has 1 aromatic rings. The van der Waals surface area contributed by atoms with Crippen molar-refractivity contribution in [1.82, 2.24) is 19.2 Å². The van der Waals surface area contributed by atoms with E-state index >= 15 is 0 Å². The largest absolute Gasteiger partial charge is 0.347 e. The minimum atomic E-state index is 0.364. The Hall–Kier alpha value is -1.21. The monoisotopic (exact) mass is 391 g/mol. The van der Waals surface area contributed by atoms with Crippen LogP contribution >= 0.6 is 11.5 Å². The number of amides is 1. The molecule has 2 aliphatic heterocycles. The second kappa shape index (κ2) is 8.86. The van der Waals surface area contributed by atoms with Crippen LogP contribution in [0.2, 0.25) is 0 Å². The number of carbonyl (C=O) groups excluding carboxylic acids is 1. The number of nitrogens with zero attached hydrogens (tertiary/aromatic N) is 5. The first-order chi connectivity index (χ1) is 13.2. The van der Waals surface area contributed by atoms with Crippen molar-refractivity contribution >= 4 is 22.6 Å². The van der Waals surface area contributed by atoms with Gasteiger partial charge in [0.1, 0.15) is 5.82 Å². The van der Waals surface area contributed by atoms with Gasteiger partial charge in [-0.1, -0.05) is 19.8 Å². The summed E-state index contributed by atoms with van der Waals surface area (Å²) in [5, 5.41) is 1.09. The van der Waals surface area contributed by atoms with Crippen LogP contribution in [0.25, 0.3) is 0 Å². The summed E-state index contributed by atoms with van der Waals surface area (Å²) in [4.78, 5) is 24.4. The Morgan fingerprint density at radius 3 is 2.41 bits per heavy atom. The summed E-state index contributed by atoms with van der Waals surface area (Å²) in [6, 6.07) is 0. The van der Waals surface area contributed by atoms with Gasteiger partial charge in [-0.15, -0.1) is 0 Å². The van der Waals surface area contributed by atoms with E-state index < -0.39 is 0 Å². The molecule has 1 amide bonds. The van der Waals surface area contributed by atoms with Crippen molar-refractivity contribution in [2.24, 2.45) is 5.92 Å². The summed E-state index contributed by atoms with van der Waals surface area (Å²) >= 11 is 1.57. The normalized spacial score (nSPS) is 23.3. The predicted octanol–water partition coefficient (Wildman–Crippen LogP) is 2.97. The zero-order valence-electron chi connectivity index (χ0n) is 16.6. The summed E-state index contributed by atoms with van der Waals surface area (Å²) in [7, 11) is 0. The van der Waals surface area contributed by atoms with Crippen LogP contribution in [0, 0.1) is 5.92 Å². The van der Waals surface area contributed by atoms with Crippen molar-refractivity contribution in [1.29, 1.82) is 0 Å². The number of piperazine rings is 1. The number of hydrogen-bond donors (Lipinski definition) is 0. The van der Waals surface area contributed by atoms with Crippen molar-refractivity contribution in [3.8, 4) is 0 Å². The molecule has 4 rings (SSSR count). The highest BCUT2D eigenvalue weighted by molar-refractivity contribution is 7.09. The Bertz CT molecular complexity index is 614. The molecule has 0 spiro atoms. The number of piperidine rings is 1. The van der Waals surface area contributed by atoms with Crippen LogP contribution in [0.15, 0.2) is 0 Å². The van der Waals surface area contributed by atoms with Crippen LogP contribution in [0.1, 0.15) is 63.6 Å². The zero-order valence-corrected chi connectivity index (χ0v) is 17.4. The first-order valence-electron chi connectivity index (χ1n) is 10.8. The van der Waals surface area contributed by atoms with Gasteiger partial charge in [-0.05, 0) is 38.1 Å². The lowest BCUT2D eigenvalue weighted by Crippen LogP contribution is -2.49. The minimum absolute atomic E-state index is 0.364. The molecule has 3 aliphatic rings. The fourth-order valence-corrected chi connectivity index (χ4v) is 5.52. The number of carbonyl (C=O) groups is 1. The maximum atomic E-state index is 12.6.